The molecule has 2 aromatic heterocycles. The van der Waals surface area contributed by atoms with Gasteiger partial charge in [0.05, 0.1) is 21.2 Å². The number of aryl methyl sites for hydroxylation is 1. The molecule has 7 rings (SSSR count). The Kier molecular flexibility index (Phi) is 8.33. The van der Waals surface area contributed by atoms with Gasteiger partial charge in [0.1, 0.15) is 34.0 Å². The predicted molar refractivity (Wildman–Crippen MR) is 180 cm³/mol. The Morgan fingerprint density at radius 1 is 1.12 bits per heavy atom. The van der Waals surface area contributed by atoms with E-state index in [9.17, 15) is 5.26 Å². The Morgan fingerprint density at radius 2 is 1.88 bits per heavy atom. The number of anilines is 2. The Hall–Kier alpha value is -3.86. The second-order valence-electron chi connectivity index (χ2n) is 13.4. The molecule has 1 atom stereocenters. The molecule has 5 heterocycles. The van der Waals surface area contributed by atoms with Crippen LogP contribution in [0.15, 0.2) is 18.7 Å². The fraction of sp³-hybridized carbons (Fsp3) is 0.457. The highest BCUT2D eigenvalue weighted by atomic mass is 32.1. The van der Waals surface area contributed by atoms with Crippen LogP contribution in [-0.4, -0.2) is 53.1 Å². The van der Waals surface area contributed by atoms with Gasteiger partial charge in [0.15, 0.2) is 5.82 Å². The van der Waals surface area contributed by atoms with Crippen molar-refractivity contribution in [1.29, 1.82) is 5.26 Å². The van der Waals surface area contributed by atoms with E-state index in [1.165, 1.54) is 0 Å². The maximum absolute atomic E-state index is 17.3. The van der Waals surface area contributed by atoms with Gasteiger partial charge in [-0.2, -0.15) is 18.4 Å². The molecule has 0 aliphatic carbocycles. The van der Waals surface area contributed by atoms with Crippen LogP contribution in [0.5, 0.6) is 0 Å². The number of nitrogens with zero attached hydrogens (tertiary/aromatic N) is 4. The van der Waals surface area contributed by atoms with Crippen molar-refractivity contribution in [3.05, 3.63) is 52.9 Å². The lowest BCUT2D eigenvalue weighted by Gasteiger charge is -2.32. The maximum atomic E-state index is 17.3. The maximum Gasteiger partial charge on any atom is 0.417 e. The van der Waals surface area contributed by atoms with Crippen molar-refractivity contribution in [2.75, 3.05) is 43.8 Å². The average Bonchev–Trinajstić information content (AvgIpc) is 3.71. The Labute approximate surface area is 279 Å². The highest BCUT2D eigenvalue weighted by Crippen LogP contribution is 2.51. The molecule has 3 aliphatic heterocycles. The Balaban J connectivity index is 1.55. The predicted octanol–water partition coefficient (Wildman–Crippen LogP) is 7.88. The van der Waals surface area contributed by atoms with Crippen molar-refractivity contribution in [3.63, 3.8) is 0 Å². The first-order valence-corrected chi connectivity index (χ1v) is 17.2. The number of thiophene rings is 1. The third-order valence-electron chi connectivity index (χ3n) is 10.3. The van der Waals surface area contributed by atoms with Crippen LogP contribution < -0.4 is 16.4 Å². The molecule has 7 nitrogen and oxygen atoms in total. The lowest BCUT2D eigenvalue weighted by molar-refractivity contribution is -0.137. The second-order valence-corrected chi connectivity index (χ2v) is 14.4. The number of nitrogens with one attached hydrogen (secondary N) is 2. The van der Waals surface area contributed by atoms with Gasteiger partial charge in [-0.15, -0.1) is 11.3 Å². The molecule has 0 unspecified atom stereocenters. The topological polar surface area (TPSA) is 103 Å². The molecule has 2 saturated heterocycles. The molecular formula is C35H36F5N7S. The number of nitrogens with two attached hydrogens (primary N) is 1. The third-order valence-corrected chi connectivity index (χ3v) is 11.3. The summed E-state index contributed by atoms with van der Waals surface area (Å²) in [5.74, 6) is -1.63. The fourth-order valence-corrected chi connectivity index (χ4v) is 9.16. The van der Waals surface area contributed by atoms with Crippen molar-refractivity contribution in [1.82, 2.24) is 20.2 Å². The first kappa shape index (κ1) is 32.7. The average molecular weight is 682 g/mol. The smallest absolute Gasteiger partial charge is 0.389 e. The zero-order valence-electron chi connectivity index (χ0n) is 26.6. The normalized spacial score (nSPS) is 20.1. The molecule has 48 heavy (non-hydrogen) atoms. The van der Waals surface area contributed by atoms with Gasteiger partial charge in [-0.05, 0) is 81.3 Å². The van der Waals surface area contributed by atoms with Crippen LogP contribution >= 0.6 is 11.3 Å². The summed E-state index contributed by atoms with van der Waals surface area (Å²) in [6, 6.07) is 3.97. The van der Waals surface area contributed by atoms with E-state index in [4.69, 9.17) is 10.7 Å². The fourth-order valence-electron chi connectivity index (χ4n) is 8.21. The molecule has 3 aliphatic rings. The summed E-state index contributed by atoms with van der Waals surface area (Å²) in [6.45, 7) is 9.48. The lowest BCUT2D eigenvalue weighted by Crippen LogP contribution is -2.38. The molecule has 4 aromatic rings. The van der Waals surface area contributed by atoms with E-state index in [0.29, 0.717) is 31.9 Å². The van der Waals surface area contributed by atoms with Crippen LogP contribution in [0.3, 0.4) is 0 Å². The molecule has 0 radical (unpaired) electrons. The minimum atomic E-state index is -5.08. The molecule has 0 bridgehead atoms. The number of nitriles is 1. The van der Waals surface area contributed by atoms with Crippen LogP contribution in [0.1, 0.15) is 68.0 Å². The number of alkyl halides is 3. The molecule has 13 heteroatoms. The van der Waals surface area contributed by atoms with E-state index in [1.54, 1.807) is 0 Å². The quantitative estimate of drug-likeness (QED) is 0.188. The molecule has 0 amide bonds. The van der Waals surface area contributed by atoms with Gasteiger partial charge < -0.3 is 16.4 Å². The third kappa shape index (κ3) is 5.38. The number of allylic oxidation sites excluding steroid dienone is 1. The number of benzene rings is 2. The Bertz CT molecular complexity index is 1990. The number of halogens is 5. The molecule has 0 saturated carbocycles. The van der Waals surface area contributed by atoms with Gasteiger partial charge in [0.25, 0.3) is 0 Å². The van der Waals surface area contributed by atoms with Crippen LogP contribution in [0.2, 0.25) is 0 Å². The molecule has 2 aromatic carbocycles. The number of nitrogen functional groups attached to an aromatic ring is 1. The second kappa shape index (κ2) is 12.2. The zero-order chi connectivity index (χ0) is 34.0. The monoisotopic (exact) mass is 681 g/mol. The van der Waals surface area contributed by atoms with Crippen molar-refractivity contribution in [2.24, 2.45) is 5.92 Å². The van der Waals surface area contributed by atoms with Gasteiger partial charge in [-0.3, -0.25) is 4.90 Å². The van der Waals surface area contributed by atoms with E-state index in [2.05, 4.69) is 27.1 Å². The van der Waals surface area contributed by atoms with Gasteiger partial charge >= 0.3 is 6.18 Å². The van der Waals surface area contributed by atoms with Crippen LogP contribution in [0.4, 0.5) is 32.8 Å². The first-order valence-electron chi connectivity index (χ1n) is 16.4. The number of fused-ring (bicyclic) bond motifs is 2. The SMILES string of the molecule is C=C1C[C@@H](C)CNCCNc2nc(CCC34CCCN3CCC4)nc3c(F)c(-c4ccc(F)c5sc(N)c(C#N)c45)c(C(F)(F)F)c1c23. The number of hydrogen-bond donors (Lipinski definition) is 3. The highest BCUT2D eigenvalue weighted by molar-refractivity contribution is 7.23. The van der Waals surface area contributed by atoms with E-state index in [0.717, 1.165) is 68.7 Å². The molecule has 2 fully saturated rings. The van der Waals surface area contributed by atoms with Gasteiger partial charge in [-0.1, -0.05) is 19.6 Å². The zero-order valence-corrected chi connectivity index (χ0v) is 27.4. The van der Waals surface area contributed by atoms with E-state index in [-0.39, 0.29) is 71.9 Å². The van der Waals surface area contributed by atoms with Crippen LogP contribution in [0.25, 0.3) is 37.7 Å². The summed E-state index contributed by atoms with van der Waals surface area (Å²) >= 11 is 0.740. The molecule has 0 spiro atoms. The van der Waals surface area contributed by atoms with Crippen molar-refractivity contribution < 1.29 is 22.0 Å². The summed E-state index contributed by atoms with van der Waals surface area (Å²) in [6.07, 6.45) is 0.588. The number of aromatic nitrogens is 2. The Morgan fingerprint density at radius 3 is 2.58 bits per heavy atom. The standard InChI is InChI=1S/C35H36F5N7S/c1-18-15-19(2)24-27-30(45-23(46-33(27)44-12-11-43-17-18)7-10-34-8-3-13-47(34)14-4-9-34)29(37)26(28(24)35(38,39)40)20-5-6-22(36)31-25(20)21(16-41)32(42)48-31/h5-6,18,43H,2-4,7-15,17,42H2,1H3,(H,44,45,46)/t18-/m1/s1. The minimum Gasteiger partial charge on any atom is -0.389 e. The lowest BCUT2D eigenvalue weighted by atomic mass is 9.84. The van der Waals surface area contributed by atoms with Crippen molar-refractivity contribution >= 4 is 48.7 Å². The summed E-state index contributed by atoms with van der Waals surface area (Å²) < 4.78 is 78.8. The molecule has 252 valence electrons. The summed E-state index contributed by atoms with van der Waals surface area (Å²) in [7, 11) is 0. The summed E-state index contributed by atoms with van der Waals surface area (Å²) in [5, 5.41) is 16.1. The van der Waals surface area contributed by atoms with Gasteiger partial charge in [0, 0.05) is 41.6 Å². The van der Waals surface area contributed by atoms with Crippen LogP contribution in [-0.2, 0) is 12.6 Å². The number of rotatable bonds is 4. The van der Waals surface area contributed by atoms with E-state index >= 15 is 22.0 Å². The first-order chi connectivity index (χ1) is 22.9. The van der Waals surface area contributed by atoms with Crippen molar-refractivity contribution in [3.8, 4) is 17.2 Å². The van der Waals surface area contributed by atoms with Gasteiger partial charge in [-0.25, -0.2) is 18.7 Å². The van der Waals surface area contributed by atoms with Gasteiger partial charge in [0.2, 0.25) is 0 Å². The molecular weight excluding hydrogens is 645 g/mol. The van der Waals surface area contributed by atoms with E-state index < -0.39 is 28.9 Å². The van der Waals surface area contributed by atoms with Crippen molar-refractivity contribution in [2.45, 2.75) is 63.6 Å². The summed E-state index contributed by atoms with van der Waals surface area (Å²) in [5.41, 5.74) is 3.10. The minimum absolute atomic E-state index is 0.0281. The largest absolute Gasteiger partial charge is 0.417 e. The number of hydrogen-bond acceptors (Lipinski definition) is 8. The van der Waals surface area contributed by atoms with Crippen LogP contribution in [0, 0.1) is 28.9 Å². The molecule has 4 N–H and O–H groups in total. The van der Waals surface area contributed by atoms with E-state index in [1.807, 2.05) is 13.0 Å². The highest BCUT2D eigenvalue weighted by Gasteiger charge is 2.45. The summed E-state index contributed by atoms with van der Waals surface area (Å²) in [4.78, 5) is 12.0.